The number of hydrogen-bond acceptors (Lipinski definition) is 4. The molecular weight excluding hydrogens is 204 g/mol. The Morgan fingerprint density at radius 1 is 1.50 bits per heavy atom. The molecule has 0 aromatic rings. The molecular formula is C11H20N4O. The fraction of sp³-hybridized carbons (Fsp3) is 0.455. The van der Waals surface area contributed by atoms with Crippen molar-refractivity contribution in [2.75, 3.05) is 13.6 Å². The first kappa shape index (κ1) is 14.4. The van der Waals surface area contributed by atoms with Crippen molar-refractivity contribution in [3.8, 4) is 0 Å². The number of allylic oxidation sites excluding steroid dienone is 2. The molecule has 3 N–H and O–H groups in total. The Labute approximate surface area is 96.8 Å². The molecule has 0 aromatic heterocycles. The Hall–Kier alpha value is -1.62. The second kappa shape index (κ2) is 7.64. The molecule has 16 heavy (non-hydrogen) atoms. The van der Waals surface area contributed by atoms with Gasteiger partial charge in [-0.2, -0.15) is 5.48 Å². The second-order valence-electron chi connectivity index (χ2n) is 3.10. The van der Waals surface area contributed by atoms with Gasteiger partial charge in [-0.3, -0.25) is 4.99 Å². The number of nitrogens with one attached hydrogen (secondary N) is 1. The first-order valence-corrected chi connectivity index (χ1v) is 5.06. The van der Waals surface area contributed by atoms with Crippen LogP contribution in [-0.2, 0) is 4.84 Å². The molecule has 0 fully saturated rings. The fourth-order valence-corrected chi connectivity index (χ4v) is 1.08. The van der Waals surface area contributed by atoms with Crippen LogP contribution in [0.2, 0.25) is 0 Å². The van der Waals surface area contributed by atoms with E-state index >= 15 is 0 Å². The number of nitrogens with two attached hydrogens (primary N) is 1. The van der Waals surface area contributed by atoms with E-state index in [1.807, 2.05) is 13.8 Å². The van der Waals surface area contributed by atoms with Gasteiger partial charge in [0.05, 0.1) is 0 Å². The molecule has 0 heterocycles. The standard InChI is InChI=1S/C11H20N4O/c1-6-15-11(13-4)9(3)10(12)7-8(2)16-14-5/h7,14H,4,6,12H2,1-3,5H3/b8-7+,10-9?,15-11?. The zero-order valence-corrected chi connectivity index (χ0v) is 10.4. The van der Waals surface area contributed by atoms with Crippen LogP contribution in [0.15, 0.2) is 33.1 Å². The van der Waals surface area contributed by atoms with Gasteiger partial charge in [0.25, 0.3) is 0 Å². The van der Waals surface area contributed by atoms with Crippen molar-refractivity contribution >= 4 is 12.6 Å². The average Bonchev–Trinajstić information content (AvgIpc) is 2.25. The summed E-state index contributed by atoms with van der Waals surface area (Å²) in [6, 6.07) is 0. The van der Waals surface area contributed by atoms with Crippen molar-refractivity contribution in [2.24, 2.45) is 15.7 Å². The molecule has 0 saturated carbocycles. The molecule has 0 atom stereocenters. The molecule has 5 heteroatoms. The van der Waals surface area contributed by atoms with E-state index in [0.717, 1.165) is 5.57 Å². The van der Waals surface area contributed by atoms with Gasteiger partial charge in [0.2, 0.25) is 0 Å². The molecule has 90 valence electrons. The maximum Gasteiger partial charge on any atom is 0.151 e. The van der Waals surface area contributed by atoms with Gasteiger partial charge in [0.1, 0.15) is 5.76 Å². The molecule has 0 amide bonds. The molecule has 5 nitrogen and oxygen atoms in total. The van der Waals surface area contributed by atoms with E-state index < -0.39 is 0 Å². The van der Waals surface area contributed by atoms with Gasteiger partial charge in [-0.15, -0.1) is 0 Å². The summed E-state index contributed by atoms with van der Waals surface area (Å²) >= 11 is 0. The molecule has 0 aliphatic heterocycles. The Morgan fingerprint density at radius 3 is 2.56 bits per heavy atom. The molecule has 0 radical (unpaired) electrons. The van der Waals surface area contributed by atoms with Crippen LogP contribution in [0.4, 0.5) is 0 Å². The molecule has 0 aliphatic rings. The monoisotopic (exact) mass is 224 g/mol. The highest BCUT2D eigenvalue weighted by atomic mass is 16.6. The Morgan fingerprint density at radius 2 is 2.12 bits per heavy atom. The second-order valence-corrected chi connectivity index (χ2v) is 3.10. The lowest BCUT2D eigenvalue weighted by molar-refractivity contribution is 0.128. The van der Waals surface area contributed by atoms with Crippen molar-refractivity contribution in [2.45, 2.75) is 20.8 Å². The first-order valence-electron chi connectivity index (χ1n) is 5.06. The zero-order valence-electron chi connectivity index (χ0n) is 10.4. The maximum atomic E-state index is 5.88. The predicted molar refractivity (Wildman–Crippen MR) is 68.3 cm³/mol. The highest BCUT2D eigenvalue weighted by molar-refractivity contribution is 6.01. The van der Waals surface area contributed by atoms with Crippen LogP contribution >= 0.6 is 0 Å². The van der Waals surface area contributed by atoms with Crippen molar-refractivity contribution in [1.29, 1.82) is 0 Å². The van der Waals surface area contributed by atoms with E-state index in [-0.39, 0.29) is 0 Å². The first-order chi connectivity index (χ1) is 7.56. The lowest BCUT2D eigenvalue weighted by Gasteiger charge is -2.06. The van der Waals surface area contributed by atoms with Crippen molar-refractivity contribution in [1.82, 2.24) is 5.48 Å². The summed E-state index contributed by atoms with van der Waals surface area (Å²) in [5.74, 6) is 1.23. The van der Waals surface area contributed by atoms with Gasteiger partial charge in [0, 0.05) is 30.9 Å². The minimum absolute atomic E-state index is 0.562. The third-order valence-corrected chi connectivity index (χ3v) is 1.85. The van der Waals surface area contributed by atoms with Gasteiger partial charge in [-0.25, -0.2) is 4.99 Å². The topological polar surface area (TPSA) is 72.0 Å². The largest absolute Gasteiger partial charge is 0.414 e. The van der Waals surface area contributed by atoms with Gasteiger partial charge >= 0.3 is 0 Å². The van der Waals surface area contributed by atoms with Crippen LogP contribution in [0, 0.1) is 0 Å². The SMILES string of the molecule is C=NC(=NCC)C(C)=C(N)/C=C(\C)ONC. The quantitative estimate of drug-likeness (QED) is 0.244. The molecule has 0 aromatic carbocycles. The van der Waals surface area contributed by atoms with Crippen LogP contribution in [0.3, 0.4) is 0 Å². The van der Waals surface area contributed by atoms with Crippen LogP contribution < -0.4 is 11.2 Å². The molecule has 0 aliphatic carbocycles. The number of nitrogens with zero attached hydrogens (tertiary/aromatic N) is 2. The normalized spacial score (nSPS) is 14.5. The van der Waals surface area contributed by atoms with Crippen molar-refractivity contribution in [3.05, 3.63) is 23.1 Å². The lowest BCUT2D eigenvalue weighted by Crippen LogP contribution is -2.09. The highest BCUT2D eigenvalue weighted by Gasteiger charge is 2.03. The molecule has 0 unspecified atom stereocenters. The number of amidine groups is 1. The third kappa shape index (κ3) is 4.75. The van der Waals surface area contributed by atoms with Gasteiger partial charge < -0.3 is 10.6 Å². The van der Waals surface area contributed by atoms with E-state index in [1.165, 1.54) is 0 Å². The van der Waals surface area contributed by atoms with E-state index in [9.17, 15) is 0 Å². The van der Waals surface area contributed by atoms with E-state index in [4.69, 9.17) is 10.6 Å². The molecule has 0 rings (SSSR count). The third-order valence-electron chi connectivity index (χ3n) is 1.85. The van der Waals surface area contributed by atoms with Gasteiger partial charge in [0.15, 0.2) is 5.84 Å². The summed E-state index contributed by atoms with van der Waals surface area (Å²) in [5.41, 5.74) is 9.80. The molecule has 0 bridgehead atoms. The smallest absolute Gasteiger partial charge is 0.151 e. The van der Waals surface area contributed by atoms with E-state index in [0.29, 0.717) is 23.8 Å². The number of hydroxylamine groups is 1. The summed E-state index contributed by atoms with van der Waals surface area (Å²) in [7, 11) is 1.68. The van der Waals surface area contributed by atoms with Crippen molar-refractivity contribution < 1.29 is 4.84 Å². The van der Waals surface area contributed by atoms with E-state index in [1.54, 1.807) is 20.0 Å². The number of hydrogen-bond donors (Lipinski definition) is 2. The predicted octanol–water partition coefficient (Wildman–Crippen LogP) is 1.39. The van der Waals surface area contributed by atoms with Gasteiger partial charge in [-0.1, -0.05) is 0 Å². The number of rotatable bonds is 5. The van der Waals surface area contributed by atoms with Crippen LogP contribution in [0.5, 0.6) is 0 Å². The molecule has 0 saturated heterocycles. The van der Waals surface area contributed by atoms with Crippen molar-refractivity contribution in [3.63, 3.8) is 0 Å². The minimum atomic E-state index is 0.562. The van der Waals surface area contributed by atoms with Gasteiger partial charge in [-0.05, 0) is 27.5 Å². The van der Waals surface area contributed by atoms with Crippen LogP contribution in [0.25, 0.3) is 0 Å². The minimum Gasteiger partial charge on any atom is -0.414 e. The fourth-order valence-electron chi connectivity index (χ4n) is 1.08. The Balaban J connectivity index is 5.01. The Bertz CT molecular complexity index is 329. The summed E-state index contributed by atoms with van der Waals surface area (Å²) in [6.45, 7) is 9.69. The van der Waals surface area contributed by atoms with E-state index in [2.05, 4.69) is 22.2 Å². The lowest BCUT2D eigenvalue weighted by atomic mass is 10.2. The Kier molecular flexibility index (Phi) is 6.87. The molecule has 0 spiro atoms. The van der Waals surface area contributed by atoms with Crippen LogP contribution in [-0.4, -0.2) is 26.1 Å². The zero-order chi connectivity index (χ0) is 12.6. The summed E-state index contributed by atoms with van der Waals surface area (Å²) in [5, 5.41) is 0. The summed E-state index contributed by atoms with van der Waals surface area (Å²) in [4.78, 5) is 13.1. The summed E-state index contributed by atoms with van der Waals surface area (Å²) < 4.78 is 0. The average molecular weight is 224 g/mol. The van der Waals surface area contributed by atoms with Crippen LogP contribution in [0.1, 0.15) is 20.8 Å². The summed E-state index contributed by atoms with van der Waals surface area (Å²) in [6.07, 6.45) is 1.71. The highest BCUT2D eigenvalue weighted by Crippen LogP contribution is 2.06. The number of aliphatic imine (C=N–C) groups is 2. The maximum absolute atomic E-state index is 5.88.